The predicted molar refractivity (Wildman–Crippen MR) is 146 cm³/mol. The summed E-state index contributed by atoms with van der Waals surface area (Å²) in [7, 11) is 3.73. The number of methoxy groups -OCH3 is 1. The van der Waals surface area contributed by atoms with Crippen molar-refractivity contribution in [3.05, 3.63) is 65.1 Å². The number of halogens is 1. The normalized spacial score (nSPS) is 21.8. The number of likely N-dealkylation sites (tertiary alicyclic amines) is 1. The monoisotopic (exact) mass is 519 g/mol. The Bertz CT molecular complexity index is 1340. The van der Waals surface area contributed by atoms with Gasteiger partial charge in [-0.15, -0.1) is 0 Å². The second-order valence-corrected chi connectivity index (χ2v) is 11.5. The van der Waals surface area contributed by atoms with Gasteiger partial charge in [0.25, 0.3) is 0 Å². The summed E-state index contributed by atoms with van der Waals surface area (Å²) in [6.45, 7) is 2.56. The van der Waals surface area contributed by atoms with Gasteiger partial charge in [-0.3, -0.25) is 9.69 Å². The zero-order valence-corrected chi connectivity index (χ0v) is 22.5. The van der Waals surface area contributed by atoms with Crippen LogP contribution in [0.1, 0.15) is 61.4 Å². The first-order chi connectivity index (χ1) is 18.5. The third-order valence-corrected chi connectivity index (χ3v) is 9.49. The van der Waals surface area contributed by atoms with E-state index < -0.39 is 0 Å². The van der Waals surface area contributed by atoms with E-state index in [0.717, 1.165) is 75.1 Å². The number of piperidine rings is 1. The predicted octanol–water partition coefficient (Wildman–Crippen LogP) is 4.93. The molecule has 3 heterocycles. The smallest absolute Gasteiger partial charge is 0.225 e. The van der Waals surface area contributed by atoms with Crippen molar-refractivity contribution < 1.29 is 19.0 Å². The van der Waals surface area contributed by atoms with Gasteiger partial charge in [0.2, 0.25) is 5.91 Å². The Morgan fingerprint density at radius 3 is 2.55 bits per heavy atom. The lowest BCUT2D eigenvalue weighted by Gasteiger charge is -2.51. The number of ether oxygens (including phenoxy) is 1. The molecule has 1 amide bonds. The molecule has 1 aromatic heterocycles. The minimum atomic E-state index is -0.253. The third kappa shape index (κ3) is 4.11. The molecule has 1 saturated carbocycles. The van der Waals surface area contributed by atoms with E-state index in [9.17, 15) is 14.3 Å². The number of aliphatic hydroxyl groups excluding tert-OH is 1. The first-order valence-corrected chi connectivity index (χ1v) is 14.0. The number of rotatable bonds is 5. The van der Waals surface area contributed by atoms with Crippen LogP contribution in [0.25, 0.3) is 10.9 Å². The fourth-order valence-corrected chi connectivity index (χ4v) is 7.47. The second kappa shape index (κ2) is 10.0. The maximum absolute atomic E-state index is 14.8. The summed E-state index contributed by atoms with van der Waals surface area (Å²) in [5, 5.41) is 11.9. The molecule has 0 bridgehead atoms. The fourth-order valence-electron chi connectivity index (χ4n) is 7.47. The highest BCUT2D eigenvalue weighted by Crippen LogP contribution is 2.50. The zero-order chi connectivity index (χ0) is 26.4. The van der Waals surface area contributed by atoms with E-state index in [1.807, 2.05) is 18.2 Å². The molecule has 1 aliphatic carbocycles. The molecule has 2 fully saturated rings. The summed E-state index contributed by atoms with van der Waals surface area (Å²) in [4.78, 5) is 17.6. The largest absolute Gasteiger partial charge is 0.497 e. The van der Waals surface area contributed by atoms with E-state index >= 15 is 0 Å². The van der Waals surface area contributed by atoms with E-state index in [2.05, 4.69) is 33.5 Å². The number of aryl methyl sites for hydroxylation is 1. The topological polar surface area (TPSA) is 57.9 Å². The lowest BCUT2D eigenvalue weighted by molar-refractivity contribution is -0.137. The highest BCUT2D eigenvalue weighted by Gasteiger charge is 2.49. The summed E-state index contributed by atoms with van der Waals surface area (Å²) in [6, 6.07) is 12.9. The molecule has 3 aliphatic rings. The summed E-state index contributed by atoms with van der Waals surface area (Å²) in [5.41, 5.74) is 3.90. The Balaban J connectivity index is 1.42. The number of hydrogen-bond donors (Lipinski definition) is 1. The summed E-state index contributed by atoms with van der Waals surface area (Å²) in [5.74, 6) is 1.09. The van der Waals surface area contributed by atoms with Gasteiger partial charge in [0.1, 0.15) is 11.6 Å². The second-order valence-electron chi connectivity index (χ2n) is 11.5. The molecule has 2 aliphatic heterocycles. The van der Waals surface area contributed by atoms with Gasteiger partial charge >= 0.3 is 0 Å². The summed E-state index contributed by atoms with van der Waals surface area (Å²) < 4.78 is 22.5. The number of amides is 1. The molecular formula is C31H38FN3O3. The van der Waals surface area contributed by atoms with Crippen molar-refractivity contribution in [2.45, 2.75) is 56.5 Å². The van der Waals surface area contributed by atoms with Crippen molar-refractivity contribution in [1.82, 2.24) is 14.4 Å². The minimum absolute atomic E-state index is 0.0505. The SMILES string of the molecule is COc1ccc2c3c(n(C)c2c1)[C@H](CO)N(Cc1ccccc1F)CC31CCN(C(=O)C2CCCC2)CC1. The number of hydrogen-bond acceptors (Lipinski definition) is 4. The molecule has 3 aromatic rings. The molecule has 0 radical (unpaired) electrons. The van der Waals surface area contributed by atoms with E-state index in [0.29, 0.717) is 18.0 Å². The van der Waals surface area contributed by atoms with Gasteiger partial charge in [-0.05, 0) is 49.4 Å². The Morgan fingerprint density at radius 1 is 1.13 bits per heavy atom. The van der Waals surface area contributed by atoms with Crippen LogP contribution in [-0.4, -0.2) is 58.7 Å². The molecule has 1 spiro atoms. The van der Waals surface area contributed by atoms with Crippen molar-refractivity contribution in [3.63, 3.8) is 0 Å². The van der Waals surface area contributed by atoms with Crippen LogP contribution in [0.4, 0.5) is 4.39 Å². The Kier molecular flexibility index (Phi) is 6.68. The molecule has 1 saturated heterocycles. The molecule has 1 atom stereocenters. The summed E-state index contributed by atoms with van der Waals surface area (Å²) >= 11 is 0. The number of carbonyl (C=O) groups is 1. The van der Waals surface area contributed by atoms with Crippen LogP contribution >= 0.6 is 0 Å². The zero-order valence-electron chi connectivity index (χ0n) is 22.5. The molecule has 0 unspecified atom stereocenters. The maximum atomic E-state index is 14.8. The average molecular weight is 520 g/mol. The molecule has 6 nitrogen and oxygen atoms in total. The highest BCUT2D eigenvalue weighted by atomic mass is 19.1. The van der Waals surface area contributed by atoms with Crippen molar-refractivity contribution >= 4 is 16.8 Å². The number of nitrogens with zero attached hydrogens (tertiary/aromatic N) is 3. The van der Waals surface area contributed by atoms with Gasteiger partial charge in [-0.1, -0.05) is 31.0 Å². The molecule has 202 valence electrons. The van der Waals surface area contributed by atoms with Crippen molar-refractivity contribution in [2.24, 2.45) is 13.0 Å². The van der Waals surface area contributed by atoms with E-state index in [-0.39, 0.29) is 29.8 Å². The van der Waals surface area contributed by atoms with Gasteiger partial charge in [-0.25, -0.2) is 4.39 Å². The minimum Gasteiger partial charge on any atom is -0.497 e. The third-order valence-electron chi connectivity index (χ3n) is 9.49. The molecule has 2 aromatic carbocycles. The number of fused-ring (bicyclic) bond motifs is 4. The molecular weight excluding hydrogens is 481 g/mol. The van der Waals surface area contributed by atoms with Crippen LogP contribution in [0.15, 0.2) is 42.5 Å². The van der Waals surface area contributed by atoms with Crippen molar-refractivity contribution in [1.29, 1.82) is 0 Å². The van der Waals surface area contributed by atoms with Crippen LogP contribution in [0.3, 0.4) is 0 Å². The van der Waals surface area contributed by atoms with Crippen LogP contribution in [-0.2, 0) is 23.8 Å². The first-order valence-electron chi connectivity index (χ1n) is 14.0. The number of aromatic nitrogens is 1. The van der Waals surface area contributed by atoms with Crippen molar-refractivity contribution in [2.75, 3.05) is 33.4 Å². The van der Waals surface area contributed by atoms with Gasteiger partial charge in [0, 0.05) is 67.3 Å². The molecule has 6 rings (SSSR count). The average Bonchev–Trinajstić information content (AvgIpc) is 3.58. The number of benzene rings is 2. The van der Waals surface area contributed by atoms with Gasteiger partial charge in [0.05, 0.1) is 25.3 Å². The Morgan fingerprint density at radius 2 is 1.87 bits per heavy atom. The fraction of sp³-hybridized carbons (Fsp3) is 0.516. The van der Waals surface area contributed by atoms with Crippen LogP contribution in [0.2, 0.25) is 0 Å². The molecule has 38 heavy (non-hydrogen) atoms. The molecule has 1 N–H and O–H groups in total. The van der Waals surface area contributed by atoms with Gasteiger partial charge in [0.15, 0.2) is 0 Å². The lowest BCUT2D eigenvalue weighted by Crippen LogP contribution is -2.55. The van der Waals surface area contributed by atoms with E-state index in [1.165, 1.54) is 17.0 Å². The van der Waals surface area contributed by atoms with Gasteiger partial charge in [-0.2, -0.15) is 0 Å². The van der Waals surface area contributed by atoms with Gasteiger partial charge < -0.3 is 19.3 Å². The van der Waals surface area contributed by atoms with Crippen LogP contribution < -0.4 is 4.74 Å². The number of aliphatic hydroxyl groups is 1. The van der Waals surface area contributed by atoms with Crippen LogP contribution in [0, 0.1) is 11.7 Å². The lowest BCUT2D eigenvalue weighted by atomic mass is 9.68. The molecule has 7 heteroatoms. The Labute approximate surface area is 224 Å². The van der Waals surface area contributed by atoms with Crippen molar-refractivity contribution in [3.8, 4) is 5.75 Å². The maximum Gasteiger partial charge on any atom is 0.225 e. The number of carbonyl (C=O) groups excluding carboxylic acids is 1. The Hall–Kier alpha value is -2.90. The van der Waals surface area contributed by atoms with Crippen LogP contribution in [0.5, 0.6) is 5.75 Å². The standard InChI is InChI=1S/C31H38FN3O3/c1-33-26-17-23(38-2)11-12-24(26)28-29(33)27(19-36)35(18-22-9-5-6-10-25(22)32)20-31(28)13-15-34(16-14-31)30(37)21-7-3-4-8-21/h5-6,9-12,17,21,27,36H,3-4,7-8,13-16,18-20H2,1-2H3/t27-/m0/s1. The van der Waals surface area contributed by atoms with E-state index in [4.69, 9.17) is 4.74 Å². The first kappa shape index (κ1) is 25.4. The highest BCUT2D eigenvalue weighted by molar-refractivity contribution is 5.89. The van der Waals surface area contributed by atoms with E-state index in [1.54, 1.807) is 13.2 Å². The summed E-state index contributed by atoms with van der Waals surface area (Å²) in [6.07, 6.45) is 6.06. The quantitative estimate of drug-likeness (QED) is 0.520.